The Morgan fingerprint density at radius 2 is 2.35 bits per heavy atom. The second-order valence-corrected chi connectivity index (χ2v) is 4.61. The van der Waals surface area contributed by atoms with Gasteiger partial charge >= 0.3 is 0 Å². The monoisotopic (exact) mass is 272 g/mol. The van der Waals surface area contributed by atoms with Crippen molar-refractivity contribution in [3.05, 3.63) is 28.1 Å². The average Bonchev–Trinajstić information content (AvgIpc) is 2.88. The summed E-state index contributed by atoms with van der Waals surface area (Å²) in [5.41, 5.74) is 5.43. The van der Waals surface area contributed by atoms with Crippen molar-refractivity contribution < 1.29 is 9.21 Å². The minimum absolute atomic E-state index is 0.187. The molecule has 0 spiro atoms. The van der Waals surface area contributed by atoms with E-state index in [4.69, 9.17) is 21.8 Å². The maximum absolute atomic E-state index is 11.5. The van der Waals surface area contributed by atoms with Crippen molar-refractivity contribution in [3.8, 4) is 0 Å². The largest absolute Gasteiger partial charge is 0.440 e. The molecular formula is C9H9ClN4O2S. The lowest BCUT2D eigenvalue weighted by Crippen LogP contribution is -2.25. The van der Waals surface area contributed by atoms with Crippen molar-refractivity contribution in [2.45, 2.75) is 6.42 Å². The van der Waals surface area contributed by atoms with Gasteiger partial charge in [-0.2, -0.15) is 0 Å². The predicted molar refractivity (Wildman–Crippen MR) is 64.1 cm³/mol. The van der Waals surface area contributed by atoms with Gasteiger partial charge in [0.05, 0.1) is 0 Å². The van der Waals surface area contributed by atoms with Crippen LogP contribution in [0.25, 0.3) is 0 Å². The van der Waals surface area contributed by atoms with Gasteiger partial charge in [-0.25, -0.2) is 0 Å². The van der Waals surface area contributed by atoms with Crippen LogP contribution in [0.3, 0.4) is 0 Å². The lowest BCUT2D eigenvalue weighted by molar-refractivity contribution is 0.0926. The normalized spacial score (nSPS) is 10.4. The van der Waals surface area contributed by atoms with Gasteiger partial charge in [-0.15, -0.1) is 10.2 Å². The van der Waals surface area contributed by atoms with Crippen molar-refractivity contribution in [2.24, 2.45) is 0 Å². The number of nitrogen functional groups attached to an aromatic ring is 1. The lowest BCUT2D eigenvalue weighted by atomic mass is 10.4. The van der Waals surface area contributed by atoms with Crippen LogP contribution in [0.5, 0.6) is 0 Å². The summed E-state index contributed by atoms with van der Waals surface area (Å²) < 4.78 is 4.96. The highest BCUT2D eigenvalue weighted by Gasteiger charge is 2.10. The summed E-state index contributed by atoms with van der Waals surface area (Å²) in [7, 11) is 0. The van der Waals surface area contributed by atoms with Crippen LogP contribution < -0.4 is 11.1 Å². The van der Waals surface area contributed by atoms with Crippen LogP contribution in [0.2, 0.25) is 5.22 Å². The van der Waals surface area contributed by atoms with E-state index >= 15 is 0 Å². The predicted octanol–water partition coefficient (Wildman–Crippen LogP) is 1.34. The molecule has 3 N–H and O–H groups in total. The highest BCUT2D eigenvalue weighted by molar-refractivity contribution is 7.15. The fourth-order valence-electron chi connectivity index (χ4n) is 1.17. The Balaban J connectivity index is 1.81. The van der Waals surface area contributed by atoms with Crippen LogP contribution in [-0.4, -0.2) is 22.6 Å². The molecular weight excluding hydrogens is 264 g/mol. The SMILES string of the molecule is Nc1nnc(CCNC(=O)c2ccc(Cl)o2)s1. The summed E-state index contributed by atoms with van der Waals surface area (Å²) in [5, 5.41) is 11.6. The minimum atomic E-state index is -0.311. The summed E-state index contributed by atoms with van der Waals surface area (Å²) >= 11 is 6.86. The molecule has 2 rings (SSSR count). The molecule has 90 valence electrons. The first-order chi connectivity index (χ1) is 8.15. The standard InChI is InChI=1S/C9H9ClN4O2S/c10-6-2-1-5(16-6)8(15)12-4-3-7-13-14-9(11)17-7/h1-2H,3-4H2,(H2,11,14)(H,12,15). The second kappa shape index (κ2) is 5.15. The van der Waals surface area contributed by atoms with Gasteiger partial charge in [0.2, 0.25) is 5.13 Å². The van der Waals surface area contributed by atoms with Gasteiger partial charge in [0.1, 0.15) is 5.01 Å². The molecule has 8 heteroatoms. The van der Waals surface area contributed by atoms with Gasteiger partial charge in [0, 0.05) is 13.0 Å². The Morgan fingerprint density at radius 3 is 2.94 bits per heavy atom. The number of nitrogens with two attached hydrogens (primary N) is 1. The Bertz CT molecular complexity index is 525. The molecule has 0 saturated heterocycles. The van der Waals surface area contributed by atoms with Crippen molar-refractivity contribution in [1.82, 2.24) is 15.5 Å². The molecule has 0 radical (unpaired) electrons. The maximum atomic E-state index is 11.5. The van der Waals surface area contributed by atoms with Gasteiger partial charge in [-0.1, -0.05) is 11.3 Å². The van der Waals surface area contributed by atoms with Crippen LogP contribution in [0.1, 0.15) is 15.6 Å². The Morgan fingerprint density at radius 1 is 1.53 bits per heavy atom. The van der Waals surface area contributed by atoms with Crippen LogP contribution >= 0.6 is 22.9 Å². The summed E-state index contributed by atoms with van der Waals surface area (Å²) in [5.74, 6) is -0.124. The number of nitrogens with one attached hydrogen (secondary N) is 1. The van der Waals surface area contributed by atoms with Crippen LogP contribution in [0, 0.1) is 0 Å². The molecule has 2 aromatic heterocycles. The third kappa shape index (κ3) is 3.18. The van der Waals surface area contributed by atoms with Gasteiger partial charge in [-0.3, -0.25) is 4.79 Å². The molecule has 6 nitrogen and oxygen atoms in total. The highest BCUT2D eigenvalue weighted by atomic mass is 35.5. The van der Waals surface area contributed by atoms with E-state index in [1.807, 2.05) is 0 Å². The van der Waals surface area contributed by atoms with Gasteiger partial charge < -0.3 is 15.5 Å². The number of amides is 1. The molecule has 2 aromatic rings. The quantitative estimate of drug-likeness (QED) is 0.876. The van der Waals surface area contributed by atoms with Crippen LogP contribution in [0.15, 0.2) is 16.5 Å². The number of furan rings is 1. The zero-order valence-corrected chi connectivity index (χ0v) is 10.2. The molecule has 0 bridgehead atoms. The van der Waals surface area contributed by atoms with E-state index in [1.54, 1.807) is 0 Å². The highest BCUT2D eigenvalue weighted by Crippen LogP contribution is 2.13. The fourth-order valence-corrected chi connectivity index (χ4v) is 1.93. The van der Waals surface area contributed by atoms with Crippen LogP contribution in [-0.2, 0) is 6.42 Å². The molecule has 0 fully saturated rings. The molecule has 0 aromatic carbocycles. The van der Waals surface area contributed by atoms with Crippen molar-refractivity contribution >= 4 is 34.0 Å². The molecule has 0 unspecified atom stereocenters. The molecule has 2 heterocycles. The van der Waals surface area contributed by atoms with Gasteiger partial charge in [0.25, 0.3) is 5.91 Å². The Labute approximate surface area is 106 Å². The van der Waals surface area contributed by atoms with Gasteiger partial charge in [-0.05, 0) is 23.7 Å². The molecule has 0 aliphatic heterocycles. The Kier molecular flexibility index (Phi) is 3.60. The fraction of sp³-hybridized carbons (Fsp3) is 0.222. The van der Waals surface area contributed by atoms with E-state index in [9.17, 15) is 4.79 Å². The third-order valence-electron chi connectivity index (χ3n) is 1.90. The van der Waals surface area contributed by atoms with E-state index in [1.165, 1.54) is 23.5 Å². The number of anilines is 1. The number of nitrogens with zero attached hydrogens (tertiary/aromatic N) is 2. The van der Waals surface area contributed by atoms with E-state index < -0.39 is 0 Å². The average molecular weight is 273 g/mol. The summed E-state index contributed by atoms with van der Waals surface area (Å²) in [6.07, 6.45) is 0.578. The first-order valence-electron chi connectivity index (χ1n) is 4.76. The van der Waals surface area contributed by atoms with E-state index in [0.29, 0.717) is 18.1 Å². The van der Waals surface area contributed by atoms with Crippen LogP contribution in [0.4, 0.5) is 5.13 Å². The zero-order chi connectivity index (χ0) is 12.3. The molecule has 0 aliphatic carbocycles. The smallest absolute Gasteiger partial charge is 0.287 e. The summed E-state index contributed by atoms with van der Waals surface area (Å²) in [4.78, 5) is 11.5. The first-order valence-corrected chi connectivity index (χ1v) is 5.96. The summed E-state index contributed by atoms with van der Waals surface area (Å²) in [6, 6.07) is 3.03. The topological polar surface area (TPSA) is 94.0 Å². The van der Waals surface area contributed by atoms with Crippen molar-refractivity contribution in [1.29, 1.82) is 0 Å². The lowest BCUT2D eigenvalue weighted by Gasteiger charge is -2.00. The van der Waals surface area contributed by atoms with Crippen molar-refractivity contribution in [2.75, 3.05) is 12.3 Å². The van der Waals surface area contributed by atoms with Crippen molar-refractivity contribution in [3.63, 3.8) is 0 Å². The van der Waals surface area contributed by atoms with E-state index in [2.05, 4.69) is 15.5 Å². The number of halogens is 1. The number of hydrogen-bond donors (Lipinski definition) is 2. The van der Waals surface area contributed by atoms with E-state index in [-0.39, 0.29) is 16.9 Å². The summed E-state index contributed by atoms with van der Waals surface area (Å²) in [6.45, 7) is 0.436. The number of hydrogen-bond acceptors (Lipinski definition) is 6. The third-order valence-corrected chi connectivity index (χ3v) is 2.92. The van der Waals surface area contributed by atoms with Gasteiger partial charge in [0.15, 0.2) is 11.0 Å². The first kappa shape index (κ1) is 11.9. The number of carbonyl (C=O) groups is 1. The Hall–Kier alpha value is -1.60. The van der Waals surface area contributed by atoms with E-state index in [0.717, 1.165) is 5.01 Å². The zero-order valence-electron chi connectivity index (χ0n) is 8.64. The molecule has 17 heavy (non-hydrogen) atoms. The maximum Gasteiger partial charge on any atom is 0.287 e. The molecule has 1 amide bonds. The molecule has 0 saturated carbocycles. The molecule has 0 atom stereocenters. The number of aromatic nitrogens is 2. The number of rotatable bonds is 4. The minimum Gasteiger partial charge on any atom is -0.440 e. The number of carbonyl (C=O) groups excluding carboxylic acids is 1. The molecule has 0 aliphatic rings. The second-order valence-electron chi connectivity index (χ2n) is 3.14.